The quantitative estimate of drug-likeness (QED) is 0.814. The van der Waals surface area contributed by atoms with Gasteiger partial charge >= 0.3 is 0 Å². The van der Waals surface area contributed by atoms with Crippen LogP contribution in [0.3, 0.4) is 0 Å². The van der Waals surface area contributed by atoms with E-state index >= 15 is 0 Å². The number of piperidine rings is 1. The summed E-state index contributed by atoms with van der Waals surface area (Å²) in [7, 11) is -0.374. The first kappa shape index (κ1) is 18.0. The lowest BCUT2D eigenvalue weighted by atomic mass is 10.00. The third kappa shape index (κ3) is 4.08. The van der Waals surface area contributed by atoms with Gasteiger partial charge in [0.1, 0.15) is 11.6 Å². The van der Waals surface area contributed by atoms with Gasteiger partial charge in [0.15, 0.2) is 5.89 Å². The Labute approximate surface area is 147 Å². The van der Waals surface area contributed by atoms with Gasteiger partial charge in [0.05, 0.1) is 6.20 Å². The summed E-state index contributed by atoms with van der Waals surface area (Å²) < 4.78 is 46.4. The fraction of sp³-hybridized carbons (Fsp3) is 0.471. The van der Waals surface area contributed by atoms with E-state index in [0.29, 0.717) is 31.2 Å². The average molecular weight is 367 g/mol. The number of benzene rings is 1. The summed E-state index contributed by atoms with van der Waals surface area (Å²) >= 11 is 0. The van der Waals surface area contributed by atoms with Crippen molar-refractivity contribution in [3.05, 3.63) is 53.5 Å². The number of hydrogen-bond donors (Lipinski definition) is 0. The highest BCUT2D eigenvalue weighted by molar-refractivity contribution is 7.86. The van der Waals surface area contributed by atoms with Crippen molar-refractivity contribution in [1.29, 1.82) is 0 Å². The Hall–Kier alpha value is -1.77. The molecule has 0 saturated carbocycles. The van der Waals surface area contributed by atoms with E-state index < -0.39 is 10.2 Å². The van der Waals surface area contributed by atoms with Crippen LogP contribution >= 0.6 is 0 Å². The molecule has 1 saturated heterocycles. The Morgan fingerprint density at radius 3 is 2.92 bits per heavy atom. The van der Waals surface area contributed by atoms with Crippen LogP contribution in [0, 0.1) is 5.82 Å². The number of aromatic nitrogens is 1. The highest BCUT2D eigenvalue weighted by atomic mass is 32.2. The summed E-state index contributed by atoms with van der Waals surface area (Å²) in [4.78, 5) is 4.32. The van der Waals surface area contributed by atoms with Crippen molar-refractivity contribution in [2.75, 3.05) is 27.2 Å². The van der Waals surface area contributed by atoms with Gasteiger partial charge in [0, 0.05) is 39.5 Å². The first-order valence-corrected chi connectivity index (χ1v) is 9.62. The fourth-order valence-corrected chi connectivity index (χ4v) is 4.22. The molecular formula is C17H22FN3O3S. The molecule has 1 aliphatic heterocycles. The first-order chi connectivity index (χ1) is 11.9. The maximum absolute atomic E-state index is 13.3. The van der Waals surface area contributed by atoms with Gasteiger partial charge in [-0.25, -0.2) is 9.37 Å². The lowest BCUT2D eigenvalue weighted by molar-refractivity contribution is 0.270. The van der Waals surface area contributed by atoms with Gasteiger partial charge in [-0.05, 0) is 30.5 Å². The van der Waals surface area contributed by atoms with Crippen molar-refractivity contribution in [2.45, 2.75) is 25.2 Å². The van der Waals surface area contributed by atoms with Crippen LogP contribution in [-0.4, -0.2) is 49.2 Å². The van der Waals surface area contributed by atoms with E-state index in [1.165, 1.54) is 34.8 Å². The van der Waals surface area contributed by atoms with Crippen LogP contribution < -0.4 is 0 Å². The zero-order chi connectivity index (χ0) is 18.0. The van der Waals surface area contributed by atoms with Gasteiger partial charge in [0.2, 0.25) is 0 Å². The molecule has 3 rings (SSSR count). The van der Waals surface area contributed by atoms with Crippen molar-refractivity contribution in [3.63, 3.8) is 0 Å². The Balaban J connectivity index is 1.71. The Bertz CT molecular complexity index is 835. The van der Waals surface area contributed by atoms with E-state index in [9.17, 15) is 12.8 Å². The third-order valence-corrected chi connectivity index (χ3v) is 6.27. The van der Waals surface area contributed by atoms with Gasteiger partial charge in [0.25, 0.3) is 10.2 Å². The molecule has 0 unspecified atom stereocenters. The monoisotopic (exact) mass is 367 g/mol. The summed E-state index contributed by atoms with van der Waals surface area (Å²) in [6, 6.07) is 6.36. The lowest BCUT2D eigenvalue weighted by Crippen LogP contribution is -2.44. The van der Waals surface area contributed by atoms with E-state index in [-0.39, 0.29) is 11.7 Å². The summed E-state index contributed by atoms with van der Waals surface area (Å²) in [5.74, 6) is 0.844. The lowest BCUT2D eigenvalue weighted by Gasteiger charge is -2.32. The zero-order valence-corrected chi connectivity index (χ0v) is 15.2. The van der Waals surface area contributed by atoms with Crippen molar-refractivity contribution in [2.24, 2.45) is 0 Å². The molecule has 2 aromatic rings. The van der Waals surface area contributed by atoms with Gasteiger partial charge in [-0.15, -0.1) is 0 Å². The molecule has 0 spiro atoms. The maximum atomic E-state index is 13.3. The third-order valence-electron chi connectivity index (χ3n) is 4.36. The smallest absolute Gasteiger partial charge is 0.281 e. The Morgan fingerprint density at radius 1 is 1.40 bits per heavy atom. The van der Waals surface area contributed by atoms with Crippen molar-refractivity contribution < 1.29 is 17.2 Å². The van der Waals surface area contributed by atoms with Crippen LogP contribution in [0.2, 0.25) is 0 Å². The van der Waals surface area contributed by atoms with Gasteiger partial charge < -0.3 is 4.42 Å². The van der Waals surface area contributed by atoms with E-state index in [1.54, 1.807) is 12.3 Å². The number of oxazole rings is 1. The van der Waals surface area contributed by atoms with E-state index in [4.69, 9.17) is 4.42 Å². The second-order valence-electron chi connectivity index (χ2n) is 6.46. The van der Waals surface area contributed by atoms with Gasteiger partial charge in [-0.2, -0.15) is 17.0 Å². The summed E-state index contributed by atoms with van der Waals surface area (Å²) in [5.41, 5.74) is 0.808. The molecule has 0 N–H and O–H groups in total. The molecule has 1 fully saturated rings. The van der Waals surface area contributed by atoms with Crippen LogP contribution in [0.5, 0.6) is 0 Å². The largest absolute Gasteiger partial charge is 0.445 e. The molecular weight excluding hydrogens is 345 g/mol. The van der Waals surface area contributed by atoms with Crippen LogP contribution in [0.4, 0.5) is 4.39 Å². The first-order valence-electron chi connectivity index (χ1n) is 8.23. The molecule has 136 valence electrons. The Morgan fingerprint density at radius 2 is 2.20 bits per heavy atom. The van der Waals surface area contributed by atoms with Crippen molar-refractivity contribution in [1.82, 2.24) is 13.6 Å². The number of halogens is 1. The topological polar surface area (TPSA) is 66.7 Å². The van der Waals surface area contributed by atoms with Crippen LogP contribution in [0.15, 0.2) is 34.9 Å². The van der Waals surface area contributed by atoms with Crippen LogP contribution in [-0.2, 0) is 16.6 Å². The van der Waals surface area contributed by atoms with E-state index in [0.717, 1.165) is 18.4 Å². The summed E-state index contributed by atoms with van der Waals surface area (Å²) in [6.07, 6.45) is 3.69. The molecule has 1 aliphatic rings. The van der Waals surface area contributed by atoms with E-state index in [1.807, 2.05) is 6.07 Å². The molecule has 6 nitrogen and oxygen atoms in total. The minimum atomic E-state index is -3.43. The van der Waals surface area contributed by atoms with Crippen LogP contribution in [0.1, 0.15) is 36.0 Å². The maximum Gasteiger partial charge on any atom is 0.281 e. The fourth-order valence-electron chi connectivity index (χ4n) is 3.03. The molecule has 0 aliphatic carbocycles. The van der Waals surface area contributed by atoms with Crippen molar-refractivity contribution >= 4 is 10.2 Å². The summed E-state index contributed by atoms with van der Waals surface area (Å²) in [6.45, 7) is 0.869. The molecule has 1 aromatic carbocycles. The number of nitrogens with zero attached hydrogens (tertiary/aromatic N) is 3. The normalized spacial score (nSPS) is 19.4. The minimum absolute atomic E-state index is 0.0651. The summed E-state index contributed by atoms with van der Waals surface area (Å²) in [5, 5.41) is 0. The highest BCUT2D eigenvalue weighted by Gasteiger charge is 2.33. The number of rotatable bonds is 5. The SMILES string of the molecule is CN(C)S(=O)(=O)N1CCC[C@@H](c2ncc(Cc3cccc(F)c3)o2)C1. The standard InChI is InChI=1S/C17H22FN3O3S/c1-20(2)25(22,23)21-8-4-6-14(12-21)17-19-11-16(24-17)10-13-5-3-7-15(18)9-13/h3,5,7,9,11,14H,4,6,8,10,12H2,1-2H3/t14-/m1/s1. The molecule has 0 radical (unpaired) electrons. The molecule has 0 amide bonds. The minimum Gasteiger partial charge on any atom is -0.445 e. The predicted molar refractivity (Wildman–Crippen MR) is 91.9 cm³/mol. The molecule has 25 heavy (non-hydrogen) atoms. The highest BCUT2D eigenvalue weighted by Crippen LogP contribution is 2.29. The molecule has 1 atom stereocenters. The van der Waals surface area contributed by atoms with Gasteiger partial charge in [-0.1, -0.05) is 12.1 Å². The van der Waals surface area contributed by atoms with Crippen molar-refractivity contribution in [3.8, 4) is 0 Å². The Kier molecular flexibility index (Phi) is 5.21. The molecule has 2 heterocycles. The van der Waals surface area contributed by atoms with Gasteiger partial charge in [-0.3, -0.25) is 0 Å². The van der Waals surface area contributed by atoms with E-state index in [2.05, 4.69) is 4.98 Å². The molecule has 8 heteroatoms. The average Bonchev–Trinajstić information content (AvgIpc) is 3.03. The zero-order valence-electron chi connectivity index (χ0n) is 14.4. The molecule has 1 aromatic heterocycles. The number of hydrogen-bond acceptors (Lipinski definition) is 4. The van der Waals surface area contributed by atoms with Crippen LogP contribution in [0.25, 0.3) is 0 Å². The second-order valence-corrected chi connectivity index (χ2v) is 8.60. The molecule has 0 bridgehead atoms. The predicted octanol–water partition coefficient (Wildman–Crippen LogP) is 2.39. The second kappa shape index (κ2) is 7.23.